The van der Waals surface area contributed by atoms with Gasteiger partial charge in [0, 0.05) is 4.92 Å². The van der Waals surface area contributed by atoms with E-state index in [0.29, 0.717) is 12.8 Å². The van der Waals surface area contributed by atoms with Crippen LogP contribution in [0.15, 0.2) is 0 Å². The van der Waals surface area contributed by atoms with E-state index in [2.05, 4.69) is 0 Å². The molecule has 0 bridgehead atoms. The largest absolute Gasteiger partial charge is 0.384 e. The second-order valence-corrected chi connectivity index (χ2v) is 5.95. The molecule has 1 amide bonds. The van der Waals surface area contributed by atoms with Crippen molar-refractivity contribution in [2.75, 3.05) is 6.54 Å². The maximum atomic E-state index is 11.1. The molecule has 7 nitrogen and oxygen atoms in total. The average Bonchev–Trinajstić information content (AvgIpc) is 2.20. The zero-order chi connectivity index (χ0) is 15.2. The van der Waals surface area contributed by atoms with Crippen molar-refractivity contribution in [1.82, 2.24) is 5.06 Å². The van der Waals surface area contributed by atoms with Crippen molar-refractivity contribution < 1.29 is 19.7 Å². The Balaban J connectivity index is 4.96. The maximum absolute atomic E-state index is 11.1. The van der Waals surface area contributed by atoms with Crippen LogP contribution in [0.2, 0.25) is 0 Å². The minimum Gasteiger partial charge on any atom is -0.384 e. The molecule has 19 heavy (non-hydrogen) atoms. The number of carbonyl (C=O) groups excluding carboxylic acids is 1. The number of carbonyl (C=O) groups is 1. The molecule has 112 valence electrons. The Morgan fingerprint density at radius 1 is 1.42 bits per heavy atom. The second kappa shape index (κ2) is 7.40. The SMILES string of the molecule is CC(C)C[C@@H](C(O)C[N+](=O)[O-])N(C=O)OC(C)(C)C. The highest BCUT2D eigenvalue weighted by atomic mass is 16.7. The number of rotatable bonds is 8. The Morgan fingerprint density at radius 2 is 1.95 bits per heavy atom. The lowest BCUT2D eigenvalue weighted by atomic mass is 9.99. The summed E-state index contributed by atoms with van der Waals surface area (Å²) >= 11 is 0. The Bertz CT molecular complexity index is 301. The minimum absolute atomic E-state index is 0.164. The summed E-state index contributed by atoms with van der Waals surface area (Å²) in [6.07, 6.45) is -0.379. The fourth-order valence-corrected chi connectivity index (χ4v) is 1.67. The first-order chi connectivity index (χ1) is 8.56. The maximum Gasteiger partial charge on any atom is 0.233 e. The monoisotopic (exact) mass is 276 g/mol. The molecule has 0 aliphatic rings. The molecule has 0 aromatic heterocycles. The molecular formula is C12H24N2O5. The number of aliphatic hydroxyl groups excluding tert-OH is 1. The second-order valence-electron chi connectivity index (χ2n) is 5.95. The van der Waals surface area contributed by atoms with E-state index in [1.807, 2.05) is 13.8 Å². The van der Waals surface area contributed by atoms with E-state index in [-0.39, 0.29) is 5.92 Å². The predicted octanol–water partition coefficient (Wildman–Crippen LogP) is 1.23. The molecule has 2 atom stereocenters. The number of hydrogen-bond acceptors (Lipinski definition) is 5. The van der Waals surface area contributed by atoms with Crippen LogP contribution in [0, 0.1) is 16.0 Å². The quantitative estimate of drug-likeness (QED) is 0.409. The van der Waals surface area contributed by atoms with Gasteiger partial charge in [0.25, 0.3) is 0 Å². The van der Waals surface area contributed by atoms with Gasteiger partial charge in [-0.05, 0) is 33.1 Å². The van der Waals surface area contributed by atoms with Gasteiger partial charge in [0.05, 0.1) is 11.6 Å². The van der Waals surface area contributed by atoms with Gasteiger partial charge >= 0.3 is 0 Å². The summed E-state index contributed by atoms with van der Waals surface area (Å²) in [5.74, 6) is 0.164. The summed E-state index contributed by atoms with van der Waals surface area (Å²) < 4.78 is 0. The van der Waals surface area contributed by atoms with E-state index < -0.39 is 29.2 Å². The Hall–Kier alpha value is -1.21. The molecule has 0 aliphatic heterocycles. The Labute approximate surface area is 113 Å². The van der Waals surface area contributed by atoms with Crippen molar-refractivity contribution in [1.29, 1.82) is 0 Å². The fraction of sp³-hybridized carbons (Fsp3) is 0.917. The first-order valence-corrected chi connectivity index (χ1v) is 6.29. The number of hydrogen-bond donors (Lipinski definition) is 1. The van der Waals surface area contributed by atoms with Crippen LogP contribution in [0.3, 0.4) is 0 Å². The smallest absolute Gasteiger partial charge is 0.233 e. The van der Waals surface area contributed by atoms with Gasteiger partial charge < -0.3 is 5.11 Å². The molecule has 1 unspecified atom stereocenters. The van der Waals surface area contributed by atoms with E-state index in [4.69, 9.17) is 4.84 Å². The molecule has 0 heterocycles. The average molecular weight is 276 g/mol. The predicted molar refractivity (Wildman–Crippen MR) is 69.9 cm³/mol. The van der Waals surface area contributed by atoms with Crippen LogP contribution in [-0.2, 0) is 9.63 Å². The van der Waals surface area contributed by atoms with Gasteiger partial charge in [0.1, 0.15) is 6.10 Å². The lowest BCUT2D eigenvalue weighted by Crippen LogP contribution is -2.49. The fourth-order valence-electron chi connectivity index (χ4n) is 1.67. The number of aliphatic hydroxyl groups is 1. The summed E-state index contributed by atoms with van der Waals surface area (Å²) in [6.45, 7) is 8.48. The lowest BCUT2D eigenvalue weighted by Gasteiger charge is -2.35. The molecule has 0 rings (SSSR count). The van der Waals surface area contributed by atoms with Gasteiger partial charge in [-0.25, -0.2) is 5.06 Å². The molecule has 0 saturated carbocycles. The molecule has 0 aromatic rings. The zero-order valence-electron chi connectivity index (χ0n) is 12.2. The topological polar surface area (TPSA) is 92.9 Å². The summed E-state index contributed by atoms with van der Waals surface area (Å²) in [5.41, 5.74) is -0.621. The van der Waals surface area contributed by atoms with E-state index >= 15 is 0 Å². The molecule has 0 radical (unpaired) electrons. The van der Waals surface area contributed by atoms with Gasteiger partial charge in [0.15, 0.2) is 0 Å². The molecular weight excluding hydrogens is 252 g/mol. The normalized spacial score (nSPS) is 15.1. The van der Waals surface area contributed by atoms with Crippen LogP contribution in [0.25, 0.3) is 0 Å². The molecule has 0 aromatic carbocycles. The number of nitro groups is 1. The van der Waals surface area contributed by atoms with Gasteiger partial charge in [-0.3, -0.25) is 19.7 Å². The van der Waals surface area contributed by atoms with Crippen LogP contribution < -0.4 is 0 Å². The van der Waals surface area contributed by atoms with Crippen LogP contribution >= 0.6 is 0 Å². The summed E-state index contributed by atoms with van der Waals surface area (Å²) in [4.78, 5) is 26.4. The van der Waals surface area contributed by atoms with Gasteiger partial charge in [-0.15, -0.1) is 0 Å². The van der Waals surface area contributed by atoms with Crippen molar-refractivity contribution in [3.05, 3.63) is 10.1 Å². The van der Waals surface area contributed by atoms with Crippen molar-refractivity contribution in [2.24, 2.45) is 5.92 Å². The summed E-state index contributed by atoms with van der Waals surface area (Å²) in [5, 5.41) is 21.4. The summed E-state index contributed by atoms with van der Waals surface area (Å²) in [6, 6.07) is -0.734. The van der Waals surface area contributed by atoms with E-state index in [0.717, 1.165) is 5.06 Å². The van der Waals surface area contributed by atoms with Crippen molar-refractivity contribution in [2.45, 2.75) is 58.8 Å². The lowest BCUT2D eigenvalue weighted by molar-refractivity contribution is -0.493. The molecule has 1 N–H and O–H groups in total. The van der Waals surface area contributed by atoms with Crippen LogP contribution in [0.4, 0.5) is 0 Å². The standard InChI is InChI=1S/C12H24N2O5/c1-9(2)6-10(11(16)7-14(17)18)13(8-15)19-12(3,4)5/h8-11,16H,6-7H2,1-5H3/t10-,11?/m0/s1. The Kier molecular flexibility index (Phi) is 6.93. The first-order valence-electron chi connectivity index (χ1n) is 6.29. The first kappa shape index (κ1) is 17.8. The zero-order valence-corrected chi connectivity index (χ0v) is 12.2. The number of amides is 1. The van der Waals surface area contributed by atoms with Gasteiger partial charge in [-0.2, -0.15) is 0 Å². The summed E-state index contributed by atoms with van der Waals surface area (Å²) in [7, 11) is 0. The molecule has 7 heteroatoms. The van der Waals surface area contributed by atoms with Crippen LogP contribution in [-0.4, -0.2) is 45.8 Å². The van der Waals surface area contributed by atoms with Gasteiger partial charge in [-0.1, -0.05) is 13.8 Å². The molecule has 0 saturated heterocycles. The highest BCUT2D eigenvalue weighted by Gasteiger charge is 2.32. The van der Waals surface area contributed by atoms with E-state index in [9.17, 15) is 20.0 Å². The van der Waals surface area contributed by atoms with E-state index in [1.54, 1.807) is 20.8 Å². The molecule has 0 aliphatic carbocycles. The third kappa shape index (κ3) is 7.74. The molecule has 0 fully saturated rings. The number of nitrogens with zero attached hydrogens (tertiary/aromatic N) is 2. The van der Waals surface area contributed by atoms with Crippen LogP contribution in [0.1, 0.15) is 41.0 Å². The van der Waals surface area contributed by atoms with Crippen molar-refractivity contribution in [3.63, 3.8) is 0 Å². The van der Waals surface area contributed by atoms with Crippen LogP contribution in [0.5, 0.6) is 0 Å². The van der Waals surface area contributed by atoms with Crippen molar-refractivity contribution >= 4 is 6.41 Å². The van der Waals surface area contributed by atoms with Crippen molar-refractivity contribution in [3.8, 4) is 0 Å². The highest BCUT2D eigenvalue weighted by molar-refractivity contribution is 5.46. The highest BCUT2D eigenvalue weighted by Crippen LogP contribution is 2.19. The Morgan fingerprint density at radius 3 is 2.26 bits per heavy atom. The third-order valence-corrected chi connectivity index (χ3v) is 2.30. The minimum atomic E-state index is -1.26. The molecule has 0 spiro atoms. The van der Waals surface area contributed by atoms with E-state index in [1.165, 1.54) is 0 Å². The number of hydroxylamine groups is 2. The third-order valence-electron chi connectivity index (χ3n) is 2.30. The van der Waals surface area contributed by atoms with Gasteiger partial charge in [0.2, 0.25) is 13.0 Å².